The fourth-order valence-corrected chi connectivity index (χ4v) is 0. The monoisotopic (exact) mass is 300 g/mol. The van der Waals surface area contributed by atoms with Gasteiger partial charge >= 0.3 is 150 Å². The Kier molecular flexibility index (Phi) is 264. The largest absolute Gasteiger partial charge is 2.00 e. The third kappa shape index (κ3) is 23.6. The molecule has 0 heterocycles. The second-order valence-corrected chi connectivity index (χ2v) is 0. The van der Waals surface area contributed by atoms with Crippen LogP contribution in [0.5, 0.6) is 0 Å². The zero-order valence-electron chi connectivity index (χ0n) is 8.21. The summed E-state index contributed by atoms with van der Waals surface area (Å²) in [6, 6.07) is 0. The molecule has 0 aliphatic rings. The molecule has 6 N–H and O–H groups in total. The molecular weight excluding hydrogens is 291 g/mol. The van der Waals surface area contributed by atoms with Crippen molar-refractivity contribution in [1.82, 2.24) is 0 Å². The molecular formula is H10CsMgO3Rb. The number of hydrogen-bond acceptors (Lipinski definition) is 0. The van der Waals surface area contributed by atoms with Crippen LogP contribution in [0.15, 0.2) is 0 Å². The molecule has 0 spiro atoms. The molecule has 0 amide bonds. The predicted octanol–water partition coefficient (Wildman–Crippen LogP) is -8.40. The molecule has 0 saturated heterocycles. The molecule has 0 saturated carbocycles. The Morgan fingerprint density at radius 1 is 0.833 bits per heavy atom. The SMILES string of the molecule is O.O.O.[Cs+].[H-].[H-].[H-].[H-].[Mg+2].[Rb+]. The van der Waals surface area contributed by atoms with E-state index in [0.717, 1.165) is 0 Å². The van der Waals surface area contributed by atoms with Crippen LogP contribution in [-0.4, -0.2) is 39.5 Å². The third-order valence-electron chi connectivity index (χ3n) is 0. The van der Waals surface area contributed by atoms with Crippen LogP contribution in [0.4, 0.5) is 0 Å². The first-order valence-corrected chi connectivity index (χ1v) is 0. The smallest absolute Gasteiger partial charge is 1.00 e. The summed E-state index contributed by atoms with van der Waals surface area (Å²) in [6.45, 7) is 0. The van der Waals surface area contributed by atoms with Crippen LogP contribution >= 0.6 is 0 Å². The molecule has 6 heavy (non-hydrogen) atoms. The van der Waals surface area contributed by atoms with Crippen LogP contribution in [0.25, 0.3) is 0 Å². The quantitative estimate of drug-likeness (QED) is 0.397. The van der Waals surface area contributed by atoms with Crippen molar-refractivity contribution < 1.29 is 149 Å². The fourth-order valence-electron chi connectivity index (χ4n) is 0. The average Bonchev–Trinajstić information content (AvgIpc) is 0. The fraction of sp³-hybridized carbons (Fsp3) is 0. The topological polar surface area (TPSA) is 94.5 Å². The van der Waals surface area contributed by atoms with E-state index >= 15 is 0 Å². The van der Waals surface area contributed by atoms with Gasteiger partial charge in [0.05, 0.1) is 0 Å². The van der Waals surface area contributed by atoms with E-state index in [2.05, 4.69) is 0 Å². The maximum absolute atomic E-state index is 0. The molecule has 0 aromatic carbocycles. The van der Waals surface area contributed by atoms with Crippen LogP contribution in [-0.2, 0) is 0 Å². The van der Waals surface area contributed by atoms with Gasteiger partial charge in [0.15, 0.2) is 0 Å². The van der Waals surface area contributed by atoms with Crippen LogP contribution in [0.2, 0.25) is 0 Å². The van der Waals surface area contributed by atoms with Gasteiger partial charge in [0.2, 0.25) is 0 Å². The van der Waals surface area contributed by atoms with E-state index in [0.29, 0.717) is 0 Å². The Labute approximate surface area is 167 Å². The van der Waals surface area contributed by atoms with E-state index in [9.17, 15) is 0 Å². The summed E-state index contributed by atoms with van der Waals surface area (Å²) in [4.78, 5) is 0. The van der Waals surface area contributed by atoms with Crippen LogP contribution < -0.4 is 127 Å². The molecule has 0 aromatic rings. The van der Waals surface area contributed by atoms with Gasteiger partial charge in [-0.1, -0.05) is 0 Å². The molecule has 0 fully saturated rings. The molecule has 0 aliphatic carbocycles. The Hall–Kier alpha value is 4.50. The first-order chi connectivity index (χ1) is 0. The van der Waals surface area contributed by atoms with Gasteiger partial charge in [0.1, 0.15) is 0 Å². The average molecular weight is 301 g/mol. The molecule has 0 aromatic heterocycles. The van der Waals surface area contributed by atoms with Crippen LogP contribution in [0.1, 0.15) is 5.71 Å². The maximum Gasteiger partial charge on any atom is 2.00 e. The summed E-state index contributed by atoms with van der Waals surface area (Å²) >= 11 is 0. The van der Waals surface area contributed by atoms with E-state index < -0.39 is 0 Å². The van der Waals surface area contributed by atoms with Crippen molar-refractivity contribution in [1.29, 1.82) is 0 Å². The van der Waals surface area contributed by atoms with Crippen molar-refractivity contribution in [3.63, 3.8) is 0 Å². The van der Waals surface area contributed by atoms with Gasteiger partial charge in [-0.3, -0.25) is 0 Å². The minimum absolute atomic E-state index is 0. The Morgan fingerprint density at radius 3 is 0.833 bits per heavy atom. The summed E-state index contributed by atoms with van der Waals surface area (Å²) in [5.41, 5.74) is 0. The molecule has 0 radical (unpaired) electrons. The van der Waals surface area contributed by atoms with Gasteiger partial charge in [0.25, 0.3) is 0 Å². The molecule has 0 aliphatic heterocycles. The Balaban J connectivity index is 0. The normalized spacial score (nSPS) is 0. The molecule has 0 atom stereocenters. The van der Waals surface area contributed by atoms with Gasteiger partial charge in [0, 0.05) is 0 Å². The molecule has 0 bridgehead atoms. The second-order valence-electron chi connectivity index (χ2n) is 0. The van der Waals surface area contributed by atoms with Gasteiger partial charge in [-0.25, -0.2) is 0 Å². The van der Waals surface area contributed by atoms with Gasteiger partial charge < -0.3 is 22.1 Å². The van der Waals surface area contributed by atoms with Crippen molar-refractivity contribution >= 4 is 23.1 Å². The zero-order valence-corrected chi connectivity index (χ0v) is 16.8. The van der Waals surface area contributed by atoms with Crippen molar-refractivity contribution in [2.75, 3.05) is 0 Å². The summed E-state index contributed by atoms with van der Waals surface area (Å²) in [5.74, 6) is 0. The van der Waals surface area contributed by atoms with Crippen molar-refractivity contribution in [3.8, 4) is 0 Å². The first-order valence-electron chi connectivity index (χ1n) is 0. The minimum Gasteiger partial charge on any atom is -1.00 e. The molecule has 3 nitrogen and oxygen atoms in total. The van der Waals surface area contributed by atoms with Gasteiger partial charge in [-0.15, -0.1) is 0 Å². The second kappa shape index (κ2) is 33.9. The number of rotatable bonds is 0. The number of hydrogen-bond donors (Lipinski definition) is 0. The van der Waals surface area contributed by atoms with Gasteiger partial charge in [-0.05, 0) is 0 Å². The summed E-state index contributed by atoms with van der Waals surface area (Å²) in [6.07, 6.45) is 0. The summed E-state index contributed by atoms with van der Waals surface area (Å²) < 4.78 is 0. The summed E-state index contributed by atoms with van der Waals surface area (Å²) in [7, 11) is 0. The molecule has 32 valence electrons. The Bertz CT molecular complexity index is 20.5. The third-order valence-corrected chi connectivity index (χ3v) is 0. The molecule has 0 unspecified atom stereocenters. The van der Waals surface area contributed by atoms with Crippen molar-refractivity contribution in [3.05, 3.63) is 0 Å². The molecule has 0 rings (SSSR count). The van der Waals surface area contributed by atoms with Gasteiger partial charge in [-0.2, -0.15) is 0 Å². The van der Waals surface area contributed by atoms with Crippen LogP contribution in [0.3, 0.4) is 0 Å². The predicted molar refractivity (Wildman–Crippen MR) is 21.0 cm³/mol. The molecule has 6 heteroatoms. The Morgan fingerprint density at radius 2 is 0.833 bits per heavy atom. The minimum atomic E-state index is 0. The standard InChI is InChI=1S/Cs.Mg.3H2O.Rb.4H/h;;3*1H2;;;;;/q+1;+2;;;;+1;4*-1. The van der Waals surface area contributed by atoms with E-state index in [1.54, 1.807) is 0 Å². The van der Waals surface area contributed by atoms with Crippen LogP contribution in [0, 0.1) is 0 Å². The summed E-state index contributed by atoms with van der Waals surface area (Å²) in [5, 5.41) is 0. The van der Waals surface area contributed by atoms with E-state index in [1.807, 2.05) is 0 Å². The van der Waals surface area contributed by atoms with Crippen molar-refractivity contribution in [2.45, 2.75) is 0 Å². The zero-order chi connectivity index (χ0) is 0. The van der Waals surface area contributed by atoms with E-state index in [4.69, 9.17) is 0 Å². The van der Waals surface area contributed by atoms with E-state index in [-0.39, 0.29) is 172 Å². The van der Waals surface area contributed by atoms with E-state index in [1.165, 1.54) is 0 Å². The first kappa shape index (κ1) is 46.8. The maximum atomic E-state index is 0. The van der Waals surface area contributed by atoms with Crippen molar-refractivity contribution in [2.24, 2.45) is 0 Å².